The molecule has 0 saturated carbocycles. The van der Waals surface area contributed by atoms with Crippen molar-refractivity contribution in [2.24, 2.45) is 0 Å². The van der Waals surface area contributed by atoms with Gasteiger partial charge in [-0.05, 0) is 153 Å². The summed E-state index contributed by atoms with van der Waals surface area (Å²) in [5, 5.41) is 5.54. The van der Waals surface area contributed by atoms with Crippen molar-refractivity contribution >= 4 is 55.7 Å². The largest absolute Gasteiger partial charge is 0.310 e. The van der Waals surface area contributed by atoms with Crippen LogP contribution in [0.2, 0.25) is 0 Å². The Morgan fingerprint density at radius 1 is 0.312 bits per heavy atom. The minimum Gasteiger partial charge on any atom is -0.310 e. The monoisotopic (exact) mass is 849 g/mol. The van der Waals surface area contributed by atoms with Crippen molar-refractivity contribution in [2.75, 3.05) is 9.80 Å². The fourth-order valence-corrected chi connectivity index (χ4v) is 9.64. The number of benzene rings is 7. The molecule has 0 aliphatic heterocycles. The van der Waals surface area contributed by atoms with Gasteiger partial charge >= 0.3 is 0 Å². The van der Waals surface area contributed by atoms with E-state index < -0.39 is 0 Å². The third-order valence-corrected chi connectivity index (χ3v) is 13.4. The molecule has 0 aliphatic rings. The molecule has 0 amide bonds. The Balaban J connectivity index is 1.43. The van der Waals surface area contributed by atoms with Crippen LogP contribution in [0.4, 0.5) is 34.1 Å². The van der Waals surface area contributed by atoms with Crippen molar-refractivity contribution in [2.45, 2.75) is 156 Å². The molecule has 334 valence electrons. The third kappa shape index (κ3) is 11.3. The van der Waals surface area contributed by atoms with Crippen LogP contribution in [0.5, 0.6) is 0 Å². The number of rotatable bonds is 20. The normalized spacial score (nSPS) is 12.0. The van der Waals surface area contributed by atoms with Crippen LogP contribution < -0.4 is 9.80 Å². The number of anilines is 6. The standard InChI is InChI=1S/C62H76N2/c1-9-11-13-15-17-25-31-55-56(32-26-18-16-14-12-10-2)60-46-54(64(50-29-23-20-24-30-50)52-39-35-48(36-40-52)62(6,7)8)42-44-58(60)57-43-41-53(45-59(55)57)63(49-27-21-19-22-28-49)51-37-33-47(34-38-51)61(3,4)5/h19-24,27-30,33-46H,9-18,25-26,31-32H2,1-8H3. The van der Waals surface area contributed by atoms with Gasteiger partial charge in [0, 0.05) is 34.1 Å². The lowest BCUT2D eigenvalue weighted by Gasteiger charge is -2.29. The molecular weight excluding hydrogens is 773 g/mol. The summed E-state index contributed by atoms with van der Waals surface area (Å²) in [5.41, 5.74) is 13.1. The van der Waals surface area contributed by atoms with Gasteiger partial charge in [-0.1, -0.05) is 192 Å². The zero-order valence-electron chi connectivity index (χ0n) is 40.7. The number of hydrogen-bond donors (Lipinski definition) is 0. The van der Waals surface area contributed by atoms with E-state index in [1.807, 2.05) is 0 Å². The van der Waals surface area contributed by atoms with Crippen LogP contribution in [0.1, 0.15) is 155 Å². The highest BCUT2D eigenvalue weighted by molar-refractivity contribution is 6.13. The lowest BCUT2D eigenvalue weighted by molar-refractivity contribution is 0.590. The molecule has 7 aromatic rings. The first-order valence-corrected chi connectivity index (χ1v) is 24.9. The Morgan fingerprint density at radius 3 is 0.969 bits per heavy atom. The number of unbranched alkanes of at least 4 members (excludes halogenated alkanes) is 10. The molecule has 0 unspecified atom stereocenters. The highest BCUT2D eigenvalue weighted by atomic mass is 15.1. The van der Waals surface area contributed by atoms with Crippen LogP contribution in [-0.4, -0.2) is 0 Å². The third-order valence-electron chi connectivity index (χ3n) is 13.4. The van der Waals surface area contributed by atoms with Gasteiger partial charge in [0.2, 0.25) is 0 Å². The van der Waals surface area contributed by atoms with Crippen LogP contribution in [0.15, 0.2) is 146 Å². The topological polar surface area (TPSA) is 6.48 Å². The number of fused-ring (bicyclic) bond motifs is 3. The molecule has 0 atom stereocenters. The summed E-state index contributed by atoms with van der Waals surface area (Å²) in [6.07, 6.45) is 17.7. The summed E-state index contributed by atoms with van der Waals surface area (Å²) in [6, 6.07) is 55.1. The van der Waals surface area contributed by atoms with Gasteiger partial charge in [-0.3, -0.25) is 0 Å². The molecule has 0 radical (unpaired) electrons. The van der Waals surface area contributed by atoms with Gasteiger partial charge in [0.15, 0.2) is 0 Å². The van der Waals surface area contributed by atoms with Crippen LogP contribution in [0, 0.1) is 0 Å². The molecule has 0 bridgehead atoms. The van der Waals surface area contributed by atoms with Gasteiger partial charge < -0.3 is 9.80 Å². The fourth-order valence-electron chi connectivity index (χ4n) is 9.64. The van der Waals surface area contributed by atoms with Gasteiger partial charge in [0.25, 0.3) is 0 Å². The van der Waals surface area contributed by atoms with Crippen LogP contribution >= 0.6 is 0 Å². The van der Waals surface area contributed by atoms with E-state index >= 15 is 0 Å². The Kier molecular flexibility index (Phi) is 15.7. The molecule has 0 aromatic heterocycles. The Hall–Kier alpha value is -5.34. The van der Waals surface area contributed by atoms with Crippen molar-refractivity contribution in [3.05, 3.63) is 168 Å². The minimum atomic E-state index is 0.0901. The quantitative estimate of drug-likeness (QED) is 0.0557. The molecule has 0 heterocycles. The van der Waals surface area contributed by atoms with E-state index in [2.05, 4.69) is 211 Å². The number of nitrogens with zero attached hydrogens (tertiary/aromatic N) is 2. The summed E-state index contributed by atoms with van der Waals surface area (Å²) in [7, 11) is 0. The van der Waals surface area contributed by atoms with E-state index in [9.17, 15) is 0 Å². The Morgan fingerprint density at radius 2 is 0.625 bits per heavy atom. The summed E-state index contributed by atoms with van der Waals surface area (Å²) in [5.74, 6) is 0. The van der Waals surface area contributed by atoms with Crippen molar-refractivity contribution in [1.29, 1.82) is 0 Å². The number of aryl methyl sites for hydroxylation is 2. The molecular formula is C62H76N2. The maximum Gasteiger partial charge on any atom is 0.0468 e. The molecule has 0 spiro atoms. The van der Waals surface area contributed by atoms with E-state index in [0.717, 1.165) is 12.8 Å². The smallest absolute Gasteiger partial charge is 0.0468 e. The first-order chi connectivity index (χ1) is 31.0. The lowest BCUT2D eigenvalue weighted by Crippen LogP contribution is -2.13. The number of para-hydroxylation sites is 2. The molecule has 0 N–H and O–H groups in total. The van der Waals surface area contributed by atoms with E-state index in [0.29, 0.717) is 0 Å². The predicted molar refractivity (Wildman–Crippen MR) is 282 cm³/mol. The second kappa shape index (κ2) is 21.6. The van der Waals surface area contributed by atoms with Gasteiger partial charge in [-0.2, -0.15) is 0 Å². The first kappa shape index (κ1) is 46.6. The average Bonchev–Trinajstić information content (AvgIpc) is 3.30. The second-order valence-corrected chi connectivity index (χ2v) is 20.4. The predicted octanol–water partition coefficient (Wildman–Crippen LogP) is 19.3. The fraction of sp³-hybridized carbons (Fsp3) is 0.387. The lowest BCUT2D eigenvalue weighted by atomic mass is 9.85. The zero-order valence-corrected chi connectivity index (χ0v) is 40.7. The minimum absolute atomic E-state index is 0.0901. The number of hydrogen-bond acceptors (Lipinski definition) is 2. The molecule has 2 nitrogen and oxygen atoms in total. The van der Waals surface area contributed by atoms with E-state index in [1.165, 1.54) is 144 Å². The SMILES string of the molecule is CCCCCCCCc1c(CCCCCCCC)c2cc(N(c3ccccc3)c3ccc(C(C)(C)C)cc3)ccc2c2ccc(N(c3ccccc3)c3ccc(C(C)(C)C)cc3)cc12. The van der Waals surface area contributed by atoms with Gasteiger partial charge in [0.1, 0.15) is 0 Å². The van der Waals surface area contributed by atoms with Crippen molar-refractivity contribution in [3.63, 3.8) is 0 Å². The average molecular weight is 849 g/mol. The molecule has 0 aliphatic carbocycles. The molecule has 7 aromatic carbocycles. The van der Waals surface area contributed by atoms with Crippen LogP contribution in [0.25, 0.3) is 21.5 Å². The molecule has 7 rings (SSSR count). The van der Waals surface area contributed by atoms with Crippen molar-refractivity contribution in [3.8, 4) is 0 Å². The van der Waals surface area contributed by atoms with Crippen molar-refractivity contribution in [1.82, 2.24) is 0 Å². The van der Waals surface area contributed by atoms with Crippen LogP contribution in [-0.2, 0) is 23.7 Å². The summed E-state index contributed by atoms with van der Waals surface area (Å²) >= 11 is 0. The van der Waals surface area contributed by atoms with E-state index in [-0.39, 0.29) is 10.8 Å². The summed E-state index contributed by atoms with van der Waals surface area (Å²) < 4.78 is 0. The molecule has 64 heavy (non-hydrogen) atoms. The molecule has 2 heteroatoms. The van der Waals surface area contributed by atoms with E-state index in [1.54, 1.807) is 11.1 Å². The highest BCUT2D eigenvalue weighted by Crippen LogP contribution is 2.44. The maximum atomic E-state index is 2.54. The van der Waals surface area contributed by atoms with Gasteiger partial charge in [-0.15, -0.1) is 0 Å². The highest BCUT2D eigenvalue weighted by Gasteiger charge is 2.22. The molecule has 0 saturated heterocycles. The summed E-state index contributed by atoms with van der Waals surface area (Å²) in [4.78, 5) is 4.92. The Bertz CT molecular complexity index is 2340. The maximum absolute atomic E-state index is 2.54. The van der Waals surface area contributed by atoms with Gasteiger partial charge in [0.05, 0.1) is 0 Å². The van der Waals surface area contributed by atoms with Crippen LogP contribution in [0.3, 0.4) is 0 Å². The first-order valence-electron chi connectivity index (χ1n) is 24.9. The molecule has 0 fully saturated rings. The summed E-state index contributed by atoms with van der Waals surface area (Å²) in [6.45, 7) is 18.4. The van der Waals surface area contributed by atoms with Gasteiger partial charge in [-0.25, -0.2) is 0 Å². The van der Waals surface area contributed by atoms with E-state index in [4.69, 9.17) is 0 Å². The van der Waals surface area contributed by atoms with Crippen molar-refractivity contribution < 1.29 is 0 Å². The Labute approximate surface area is 387 Å². The zero-order chi connectivity index (χ0) is 45.1. The second-order valence-electron chi connectivity index (χ2n) is 20.4.